The summed E-state index contributed by atoms with van der Waals surface area (Å²) in [6.45, 7) is 0. The number of carbonyl (C=O) groups excluding carboxylic acids is 1. The minimum Gasteiger partial charge on any atom is -0.469 e. The molecule has 0 spiro atoms. The van der Waals surface area contributed by atoms with Crippen molar-refractivity contribution in [2.75, 3.05) is 7.11 Å². The summed E-state index contributed by atoms with van der Waals surface area (Å²) in [6, 6.07) is 27.8. The van der Waals surface area contributed by atoms with Crippen LogP contribution in [-0.4, -0.2) is 13.1 Å². The maximum atomic E-state index is 14.7. The average molecular weight is 402 g/mol. The number of methoxy groups -OCH3 is 1. The van der Waals surface area contributed by atoms with E-state index >= 15 is 0 Å². The summed E-state index contributed by atoms with van der Waals surface area (Å²) >= 11 is 0. The first kappa shape index (κ1) is 19.4. The number of rotatable bonds is 6. The van der Waals surface area contributed by atoms with Crippen LogP contribution in [0.4, 0.5) is 0 Å². The second kappa shape index (κ2) is 8.23. The van der Waals surface area contributed by atoms with Crippen molar-refractivity contribution in [1.29, 1.82) is 0 Å². The van der Waals surface area contributed by atoms with Gasteiger partial charge in [-0.25, -0.2) is 0 Å². The highest BCUT2D eigenvalue weighted by Crippen LogP contribution is 2.62. The fraction of sp³-hybridized carbons (Fsp3) is 0.160. The van der Waals surface area contributed by atoms with Crippen LogP contribution in [0.3, 0.4) is 0 Å². The molecule has 146 valence electrons. The molecule has 4 rings (SSSR count). The molecule has 0 saturated carbocycles. The first-order valence-electron chi connectivity index (χ1n) is 9.78. The Bertz CT molecular complexity index is 1100. The number of carbonyl (C=O) groups is 1. The van der Waals surface area contributed by atoms with E-state index in [1.54, 1.807) is 0 Å². The molecule has 1 heterocycles. The van der Waals surface area contributed by atoms with E-state index in [0.29, 0.717) is 19.3 Å². The Morgan fingerprint density at radius 3 is 2.17 bits per heavy atom. The number of fused-ring (bicyclic) bond motifs is 1. The summed E-state index contributed by atoms with van der Waals surface area (Å²) in [4.78, 5) is 11.7. The molecule has 3 aromatic rings. The fourth-order valence-corrected chi connectivity index (χ4v) is 7.39. The number of hydrogen-bond donors (Lipinski definition) is 0. The lowest BCUT2D eigenvalue weighted by atomic mass is 9.96. The van der Waals surface area contributed by atoms with Gasteiger partial charge >= 0.3 is 5.97 Å². The minimum absolute atomic E-state index is 0.239. The van der Waals surface area contributed by atoms with Gasteiger partial charge in [0.1, 0.15) is 0 Å². The number of esters is 1. The molecule has 1 aliphatic heterocycles. The molecule has 3 nitrogen and oxygen atoms in total. The van der Waals surface area contributed by atoms with Crippen molar-refractivity contribution in [2.45, 2.75) is 19.3 Å². The molecule has 3 aromatic carbocycles. The van der Waals surface area contributed by atoms with Crippen LogP contribution in [0.2, 0.25) is 0 Å². The predicted octanol–water partition coefficient (Wildman–Crippen LogP) is 5.12. The Hall–Kier alpha value is -2.90. The maximum absolute atomic E-state index is 14.7. The Labute approximate surface area is 171 Å². The van der Waals surface area contributed by atoms with E-state index in [2.05, 4.69) is 18.2 Å². The quantitative estimate of drug-likeness (QED) is 0.425. The lowest BCUT2D eigenvalue weighted by molar-refractivity contribution is -0.140. The van der Waals surface area contributed by atoms with Crippen molar-refractivity contribution in [2.24, 2.45) is 0 Å². The fourth-order valence-electron chi connectivity index (χ4n) is 4.06. The van der Waals surface area contributed by atoms with Crippen LogP contribution in [0.5, 0.6) is 0 Å². The smallest absolute Gasteiger partial charge is 0.305 e. The van der Waals surface area contributed by atoms with Crippen LogP contribution in [-0.2, 0) is 14.1 Å². The first-order valence-corrected chi connectivity index (χ1v) is 11.5. The van der Waals surface area contributed by atoms with E-state index in [4.69, 9.17) is 4.74 Å². The summed E-state index contributed by atoms with van der Waals surface area (Å²) in [7, 11) is -1.58. The third kappa shape index (κ3) is 3.47. The van der Waals surface area contributed by atoms with Gasteiger partial charge in [0.25, 0.3) is 0 Å². The van der Waals surface area contributed by atoms with Gasteiger partial charge in [-0.1, -0.05) is 84.9 Å². The lowest BCUT2D eigenvalue weighted by Crippen LogP contribution is -2.15. The molecular weight excluding hydrogens is 379 g/mol. The second-order valence-electron chi connectivity index (χ2n) is 7.08. The van der Waals surface area contributed by atoms with Gasteiger partial charge in [-0.3, -0.25) is 4.79 Å². The zero-order valence-corrected chi connectivity index (χ0v) is 17.3. The van der Waals surface area contributed by atoms with E-state index in [0.717, 1.165) is 32.6 Å². The Balaban J connectivity index is 1.92. The Morgan fingerprint density at radius 2 is 1.48 bits per heavy atom. The van der Waals surface area contributed by atoms with Gasteiger partial charge in [-0.05, 0) is 29.5 Å². The molecule has 0 N–H and O–H groups in total. The van der Waals surface area contributed by atoms with Crippen molar-refractivity contribution < 1.29 is 14.1 Å². The van der Waals surface area contributed by atoms with Gasteiger partial charge < -0.3 is 9.30 Å². The van der Waals surface area contributed by atoms with E-state index in [1.807, 2.05) is 66.7 Å². The van der Waals surface area contributed by atoms with Crippen LogP contribution in [0, 0.1) is 0 Å². The normalized spacial score (nSPS) is 17.8. The zero-order valence-electron chi connectivity index (χ0n) is 16.4. The molecule has 4 heteroatoms. The molecule has 0 saturated heterocycles. The highest BCUT2D eigenvalue weighted by atomic mass is 31.2. The van der Waals surface area contributed by atoms with Crippen LogP contribution in [0.1, 0.15) is 30.4 Å². The zero-order chi connectivity index (χ0) is 20.3. The molecule has 0 amide bonds. The molecule has 0 aromatic heterocycles. The van der Waals surface area contributed by atoms with Gasteiger partial charge in [0, 0.05) is 22.3 Å². The van der Waals surface area contributed by atoms with E-state index in [1.165, 1.54) is 7.11 Å². The summed E-state index contributed by atoms with van der Waals surface area (Å²) in [5.74, 6) is -0.239. The van der Waals surface area contributed by atoms with Crippen LogP contribution in [0.25, 0.3) is 5.57 Å². The first-order chi connectivity index (χ1) is 14.2. The van der Waals surface area contributed by atoms with Gasteiger partial charge in [0.05, 0.1) is 7.11 Å². The van der Waals surface area contributed by atoms with E-state index < -0.39 is 7.14 Å². The molecule has 0 bridgehead atoms. The third-order valence-corrected chi connectivity index (χ3v) is 8.69. The van der Waals surface area contributed by atoms with Crippen molar-refractivity contribution in [3.05, 3.63) is 101 Å². The van der Waals surface area contributed by atoms with Gasteiger partial charge in [0.15, 0.2) is 7.14 Å². The summed E-state index contributed by atoms with van der Waals surface area (Å²) in [6.07, 6.45) is 1.50. The molecule has 29 heavy (non-hydrogen) atoms. The van der Waals surface area contributed by atoms with E-state index in [9.17, 15) is 9.36 Å². The Morgan fingerprint density at radius 1 is 0.862 bits per heavy atom. The Kier molecular flexibility index (Phi) is 5.51. The summed E-state index contributed by atoms with van der Waals surface area (Å²) in [5, 5.41) is 2.66. The topological polar surface area (TPSA) is 43.4 Å². The lowest BCUT2D eigenvalue weighted by Gasteiger charge is -2.19. The summed E-state index contributed by atoms with van der Waals surface area (Å²) < 4.78 is 19.5. The van der Waals surface area contributed by atoms with Crippen LogP contribution >= 0.6 is 7.14 Å². The minimum atomic E-state index is -2.99. The SMILES string of the molecule is COC(=O)CCCC1=C(c2ccccc2)c2ccccc2P1(=O)c1ccccc1. The van der Waals surface area contributed by atoms with E-state index in [-0.39, 0.29) is 5.97 Å². The highest BCUT2D eigenvalue weighted by Gasteiger charge is 2.41. The number of allylic oxidation sites excluding steroid dienone is 1. The van der Waals surface area contributed by atoms with Crippen molar-refractivity contribution in [3.63, 3.8) is 0 Å². The van der Waals surface area contributed by atoms with Gasteiger partial charge in [0.2, 0.25) is 0 Å². The molecule has 1 unspecified atom stereocenters. The molecule has 0 fully saturated rings. The molecule has 0 aliphatic carbocycles. The number of ether oxygens (including phenoxy) is 1. The van der Waals surface area contributed by atoms with Crippen molar-refractivity contribution in [1.82, 2.24) is 0 Å². The largest absolute Gasteiger partial charge is 0.469 e. The maximum Gasteiger partial charge on any atom is 0.305 e. The van der Waals surface area contributed by atoms with Crippen molar-refractivity contribution in [3.8, 4) is 0 Å². The van der Waals surface area contributed by atoms with Crippen molar-refractivity contribution >= 4 is 29.3 Å². The number of benzene rings is 3. The van der Waals surface area contributed by atoms with Gasteiger partial charge in [-0.2, -0.15) is 0 Å². The monoisotopic (exact) mass is 402 g/mol. The molecule has 0 radical (unpaired) electrons. The van der Waals surface area contributed by atoms with Crippen LogP contribution < -0.4 is 10.6 Å². The van der Waals surface area contributed by atoms with Crippen LogP contribution in [0.15, 0.2) is 90.2 Å². The van der Waals surface area contributed by atoms with Gasteiger partial charge in [-0.15, -0.1) is 0 Å². The molecular formula is C25H23O3P. The summed E-state index contributed by atoms with van der Waals surface area (Å²) in [5.41, 5.74) is 3.12. The standard InChI is InChI=1S/C25H23O3P/c1-28-24(26)18-10-17-23-25(19-11-4-2-5-12-19)21-15-8-9-16-22(21)29(23,27)20-13-6-3-7-14-20/h2-9,11-16H,10,17-18H2,1H3. The number of hydrogen-bond acceptors (Lipinski definition) is 3. The third-order valence-electron chi connectivity index (χ3n) is 5.39. The average Bonchev–Trinajstić information content (AvgIpc) is 3.04. The predicted molar refractivity (Wildman–Crippen MR) is 118 cm³/mol. The molecule has 1 atom stereocenters. The highest BCUT2D eigenvalue weighted by molar-refractivity contribution is 7.83. The second-order valence-corrected chi connectivity index (χ2v) is 9.84. The molecule has 1 aliphatic rings.